The van der Waals surface area contributed by atoms with E-state index >= 15 is 0 Å². The topological polar surface area (TPSA) is 113 Å². The molecule has 2 heterocycles. The number of rotatable bonds is 10. The number of hydrogen-bond donors (Lipinski definition) is 2. The first-order valence-corrected chi connectivity index (χ1v) is 15.9. The van der Waals surface area contributed by atoms with Crippen LogP contribution in [0.4, 0.5) is 21.9 Å². The number of ether oxygens (including phenoxy) is 2. The number of pyridine rings is 1. The number of hydrogen-bond acceptors (Lipinski definition) is 7. The van der Waals surface area contributed by atoms with Crippen LogP contribution in [0.1, 0.15) is 18.4 Å². The predicted molar refractivity (Wildman–Crippen MR) is 176 cm³/mol. The number of para-hydroxylation sites is 3. The zero-order valence-corrected chi connectivity index (χ0v) is 26.2. The summed E-state index contributed by atoms with van der Waals surface area (Å²) >= 11 is 0. The van der Waals surface area contributed by atoms with E-state index in [2.05, 4.69) is 19.9 Å². The maximum atomic E-state index is 13.6. The van der Waals surface area contributed by atoms with E-state index in [1.165, 1.54) is 0 Å². The predicted octanol–water partition coefficient (Wildman–Crippen LogP) is 6.38. The van der Waals surface area contributed by atoms with Crippen molar-refractivity contribution in [3.05, 3.63) is 103 Å². The number of halogens is 1. The molecule has 232 valence electrons. The van der Waals surface area contributed by atoms with Crippen LogP contribution in [0, 0.1) is 0 Å². The molecule has 0 radical (unpaired) electrons. The van der Waals surface area contributed by atoms with Gasteiger partial charge < -0.3 is 14.8 Å². The number of carbonyl (C=O) groups is 1. The average Bonchev–Trinajstić information content (AvgIpc) is 3.00. The van der Waals surface area contributed by atoms with Crippen molar-refractivity contribution in [2.45, 2.75) is 25.4 Å². The summed E-state index contributed by atoms with van der Waals surface area (Å²) in [6, 6.07) is 27.5. The summed E-state index contributed by atoms with van der Waals surface area (Å²) < 4.78 is 36.4. The van der Waals surface area contributed by atoms with Gasteiger partial charge in [0.25, 0.3) is 0 Å². The molecule has 2 amide bonds. The highest BCUT2D eigenvalue weighted by atomic mass is 35.5. The highest BCUT2D eigenvalue weighted by Gasteiger charge is 2.29. The van der Waals surface area contributed by atoms with Gasteiger partial charge in [-0.3, -0.25) is 14.5 Å². The molecule has 0 aliphatic carbocycles. The van der Waals surface area contributed by atoms with Crippen LogP contribution in [0.5, 0.6) is 17.4 Å². The molecule has 0 bridgehead atoms. The number of methoxy groups -OCH3 is 1. The lowest BCUT2D eigenvalue weighted by molar-refractivity contribution is 0.199. The Kier molecular flexibility index (Phi) is 11.0. The fourth-order valence-corrected chi connectivity index (χ4v) is 5.65. The number of anilines is 3. The van der Waals surface area contributed by atoms with Crippen LogP contribution in [0.15, 0.2) is 97.2 Å². The van der Waals surface area contributed by atoms with Gasteiger partial charge in [0, 0.05) is 49.3 Å². The van der Waals surface area contributed by atoms with E-state index in [0.29, 0.717) is 28.8 Å². The number of nitrogens with one attached hydrogen (secondary N) is 2. The molecule has 1 aliphatic rings. The summed E-state index contributed by atoms with van der Waals surface area (Å²) in [7, 11) is -1.75. The van der Waals surface area contributed by atoms with Crippen molar-refractivity contribution in [3.8, 4) is 17.4 Å². The smallest absolute Gasteiger partial charge is 0.326 e. The van der Waals surface area contributed by atoms with Crippen molar-refractivity contribution in [1.82, 2.24) is 9.88 Å². The van der Waals surface area contributed by atoms with Gasteiger partial charge in [-0.15, -0.1) is 12.4 Å². The maximum Gasteiger partial charge on any atom is 0.326 e. The third kappa shape index (κ3) is 8.85. The molecule has 12 heteroatoms. The van der Waals surface area contributed by atoms with Crippen molar-refractivity contribution in [2.75, 3.05) is 41.4 Å². The van der Waals surface area contributed by atoms with E-state index in [1.807, 2.05) is 71.6 Å². The van der Waals surface area contributed by atoms with E-state index in [4.69, 9.17) is 9.47 Å². The molecule has 0 spiro atoms. The van der Waals surface area contributed by atoms with E-state index in [1.54, 1.807) is 37.6 Å². The zero-order chi connectivity index (χ0) is 30.2. The number of aromatic nitrogens is 1. The van der Waals surface area contributed by atoms with Gasteiger partial charge in [-0.1, -0.05) is 36.4 Å². The summed E-state index contributed by atoms with van der Waals surface area (Å²) in [6.45, 7) is 2.41. The van der Waals surface area contributed by atoms with Gasteiger partial charge in [0.05, 0.1) is 19.1 Å². The molecule has 5 rings (SSSR count). The second-order valence-electron chi connectivity index (χ2n) is 10.3. The van der Waals surface area contributed by atoms with Crippen LogP contribution in [0.2, 0.25) is 0 Å². The Morgan fingerprint density at radius 2 is 1.64 bits per heavy atom. The number of sulfonamides is 1. The van der Waals surface area contributed by atoms with E-state index in [0.717, 1.165) is 50.0 Å². The van der Waals surface area contributed by atoms with Gasteiger partial charge in [-0.05, 0) is 66.9 Å². The molecule has 0 unspecified atom stereocenters. The van der Waals surface area contributed by atoms with Crippen molar-refractivity contribution in [2.24, 2.45) is 0 Å². The van der Waals surface area contributed by atoms with Crippen LogP contribution in [-0.4, -0.2) is 56.8 Å². The summed E-state index contributed by atoms with van der Waals surface area (Å²) in [5, 5.41) is 3.04. The summed E-state index contributed by atoms with van der Waals surface area (Å²) in [4.78, 5) is 22.3. The molecule has 0 atom stereocenters. The first kappa shape index (κ1) is 32.6. The molecule has 1 fully saturated rings. The first-order chi connectivity index (χ1) is 20.8. The van der Waals surface area contributed by atoms with Gasteiger partial charge in [0.2, 0.25) is 15.9 Å². The number of urea groups is 1. The Bertz CT molecular complexity index is 1620. The van der Waals surface area contributed by atoms with Crippen LogP contribution < -0.4 is 24.4 Å². The molecule has 44 heavy (non-hydrogen) atoms. The molecule has 1 aromatic heterocycles. The lowest BCUT2D eigenvalue weighted by Gasteiger charge is -2.38. The molecule has 10 nitrogen and oxygen atoms in total. The van der Waals surface area contributed by atoms with Gasteiger partial charge in [0.1, 0.15) is 11.5 Å². The first-order valence-electron chi connectivity index (χ1n) is 14.0. The standard InChI is InChI=1S/C32H35N5O5S.ClH/c1-41-30-11-7-6-10-29(30)34-32(38)37(26-8-4-3-5-9-26)27-18-20-36(21-19-27)23-24-12-17-31(33-22-24)42-28-15-13-25(14-16-28)35-43(2,39)40;/h3-17,22,27,35H,18-21,23H2,1-2H3,(H,34,38);1H. The summed E-state index contributed by atoms with van der Waals surface area (Å²) in [5.74, 6) is 1.62. The van der Waals surface area contributed by atoms with Crippen LogP contribution in [-0.2, 0) is 16.6 Å². The second kappa shape index (κ2) is 14.9. The average molecular weight is 638 g/mol. The third-order valence-corrected chi connectivity index (χ3v) is 7.71. The molecular weight excluding hydrogens is 602 g/mol. The van der Waals surface area contributed by atoms with Crippen molar-refractivity contribution in [1.29, 1.82) is 0 Å². The number of benzene rings is 3. The number of piperidine rings is 1. The van der Waals surface area contributed by atoms with Crippen LogP contribution in [0.25, 0.3) is 0 Å². The van der Waals surface area contributed by atoms with Crippen molar-refractivity contribution in [3.63, 3.8) is 0 Å². The van der Waals surface area contributed by atoms with Gasteiger partial charge in [-0.25, -0.2) is 18.2 Å². The Balaban J connectivity index is 0.00000442. The highest BCUT2D eigenvalue weighted by molar-refractivity contribution is 7.92. The van der Waals surface area contributed by atoms with Gasteiger partial charge in [0.15, 0.2) is 0 Å². The second-order valence-corrected chi connectivity index (χ2v) is 12.1. The highest BCUT2D eigenvalue weighted by Crippen LogP contribution is 2.29. The number of amides is 2. The number of carbonyl (C=O) groups excluding carboxylic acids is 1. The molecule has 0 saturated carbocycles. The third-order valence-electron chi connectivity index (χ3n) is 7.11. The molecule has 2 N–H and O–H groups in total. The Morgan fingerprint density at radius 1 is 0.955 bits per heavy atom. The molecule has 3 aromatic carbocycles. The SMILES string of the molecule is COc1ccccc1NC(=O)N(c1ccccc1)C1CCN(Cc2ccc(Oc3ccc(NS(C)(=O)=O)cc3)nc2)CC1.Cl. The minimum Gasteiger partial charge on any atom is -0.495 e. The van der Waals surface area contributed by atoms with Crippen molar-refractivity contribution >= 4 is 45.5 Å². The molecule has 1 aliphatic heterocycles. The summed E-state index contributed by atoms with van der Waals surface area (Å²) in [5.41, 5.74) is 3.02. The van der Waals surface area contributed by atoms with Crippen molar-refractivity contribution < 1.29 is 22.7 Å². The number of nitrogens with zero attached hydrogens (tertiary/aromatic N) is 3. The van der Waals surface area contributed by atoms with Crippen LogP contribution in [0.3, 0.4) is 0 Å². The molecule has 4 aromatic rings. The minimum atomic E-state index is -3.34. The lowest BCUT2D eigenvalue weighted by atomic mass is 10.0. The Morgan fingerprint density at radius 3 is 2.27 bits per heavy atom. The van der Waals surface area contributed by atoms with Crippen LogP contribution >= 0.6 is 12.4 Å². The molecular formula is C32H36ClN5O5S. The minimum absolute atomic E-state index is 0. The Hall–Kier alpha value is -4.32. The quantitative estimate of drug-likeness (QED) is 0.207. The fraction of sp³-hybridized carbons (Fsp3) is 0.250. The van der Waals surface area contributed by atoms with E-state index < -0.39 is 10.0 Å². The summed E-state index contributed by atoms with van der Waals surface area (Å²) in [6.07, 6.45) is 4.56. The van der Waals surface area contributed by atoms with E-state index in [-0.39, 0.29) is 24.5 Å². The Labute approximate surface area is 264 Å². The number of likely N-dealkylation sites (tertiary alicyclic amines) is 1. The lowest BCUT2D eigenvalue weighted by Crippen LogP contribution is -2.49. The van der Waals surface area contributed by atoms with E-state index in [9.17, 15) is 13.2 Å². The van der Waals surface area contributed by atoms with Gasteiger partial charge >= 0.3 is 6.03 Å². The van der Waals surface area contributed by atoms with Gasteiger partial charge in [-0.2, -0.15) is 0 Å². The molecule has 1 saturated heterocycles. The zero-order valence-electron chi connectivity index (χ0n) is 24.5. The fourth-order valence-electron chi connectivity index (χ4n) is 5.09. The largest absolute Gasteiger partial charge is 0.495 e. The maximum absolute atomic E-state index is 13.6. The monoisotopic (exact) mass is 637 g/mol. The normalized spacial score (nSPS) is 13.8.